The Kier molecular flexibility index (Phi) is 7.01. The number of ether oxygens (including phenoxy) is 1. The normalized spacial score (nSPS) is 11.7. The zero-order valence-electron chi connectivity index (χ0n) is 12.3. The van der Waals surface area contributed by atoms with Gasteiger partial charge in [0.2, 0.25) is 0 Å². The van der Waals surface area contributed by atoms with E-state index in [-0.39, 0.29) is 12.6 Å². The molecule has 21 heavy (non-hydrogen) atoms. The maximum atomic E-state index is 11.5. The fourth-order valence-corrected chi connectivity index (χ4v) is 1.52. The average molecular weight is 358 g/mol. The molecule has 3 N–H and O–H groups in total. The first-order chi connectivity index (χ1) is 9.88. The third-order valence-electron chi connectivity index (χ3n) is 2.86. The highest BCUT2D eigenvalue weighted by molar-refractivity contribution is 9.10. The van der Waals surface area contributed by atoms with Crippen molar-refractivity contribution >= 4 is 27.9 Å². The summed E-state index contributed by atoms with van der Waals surface area (Å²) in [4.78, 5) is 23.0. The van der Waals surface area contributed by atoms with Gasteiger partial charge in [-0.1, -0.05) is 29.8 Å². The van der Waals surface area contributed by atoms with Crippen LogP contribution in [0.25, 0.3) is 0 Å². The smallest absolute Gasteiger partial charge is 0.333 e. The van der Waals surface area contributed by atoms with Crippen LogP contribution in [0, 0.1) is 5.92 Å². The summed E-state index contributed by atoms with van der Waals surface area (Å²) in [6, 6.07) is 6.66. The van der Waals surface area contributed by atoms with E-state index >= 15 is 0 Å². The van der Waals surface area contributed by atoms with Crippen LogP contribution in [0.15, 0.2) is 28.7 Å². The Hall–Kier alpha value is -1.76. The van der Waals surface area contributed by atoms with Crippen molar-refractivity contribution in [1.29, 1.82) is 0 Å². The molecular formula is C14H20BrN3O3. The number of urea groups is 1. The first-order valence-electron chi connectivity index (χ1n) is 6.62. The molecule has 0 heterocycles. The lowest BCUT2D eigenvalue weighted by molar-refractivity contribution is -0.123. The molecule has 7 heteroatoms. The Morgan fingerprint density at radius 3 is 2.33 bits per heavy atom. The van der Waals surface area contributed by atoms with Gasteiger partial charge in [-0.15, -0.1) is 0 Å². The minimum atomic E-state index is -0.451. The fourth-order valence-electron chi connectivity index (χ4n) is 1.25. The molecule has 3 amide bonds. The van der Waals surface area contributed by atoms with Crippen molar-refractivity contribution in [2.24, 2.45) is 5.92 Å². The lowest BCUT2D eigenvalue weighted by Gasteiger charge is -2.18. The summed E-state index contributed by atoms with van der Waals surface area (Å²) in [5.41, 5.74) is 4.55. The van der Waals surface area contributed by atoms with Crippen LogP contribution in [0.1, 0.15) is 20.8 Å². The van der Waals surface area contributed by atoms with Crippen LogP contribution in [0.4, 0.5) is 4.79 Å². The van der Waals surface area contributed by atoms with Crippen LogP contribution >= 0.6 is 15.9 Å². The van der Waals surface area contributed by atoms with Crippen LogP contribution < -0.4 is 20.9 Å². The molecule has 116 valence electrons. The molecule has 0 aromatic heterocycles. The van der Waals surface area contributed by atoms with Gasteiger partial charge in [-0.05, 0) is 37.1 Å². The quantitative estimate of drug-likeness (QED) is 0.706. The number of rotatable bonds is 5. The number of hydrazine groups is 1. The zero-order valence-corrected chi connectivity index (χ0v) is 13.9. The molecule has 0 saturated heterocycles. The predicted molar refractivity (Wildman–Crippen MR) is 83.7 cm³/mol. The summed E-state index contributed by atoms with van der Waals surface area (Å²) in [7, 11) is 0. The van der Waals surface area contributed by atoms with Crippen molar-refractivity contribution in [2.45, 2.75) is 26.8 Å². The second-order valence-corrected chi connectivity index (χ2v) is 5.84. The number of halogens is 1. The van der Waals surface area contributed by atoms with E-state index < -0.39 is 11.9 Å². The first-order valence-corrected chi connectivity index (χ1v) is 7.41. The molecule has 0 aliphatic heterocycles. The molecule has 0 aliphatic carbocycles. The molecule has 0 radical (unpaired) electrons. The summed E-state index contributed by atoms with van der Waals surface area (Å²) >= 11 is 3.31. The lowest BCUT2D eigenvalue weighted by Crippen LogP contribution is -2.51. The zero-order chi connectivity index (χ0) is 15.8. The third kappa shape index (κ3) is 6.99. The van der Waals surface area contributed by atoms with Gasteiger partial charge < -0.3 is 10.1 Å². The van der Waals surface area contributed by atoms with Crippen molar-refractivity contribution < 1.29 is 14.3 Å². The van der Waals surface area contributed by atoms with E-state index in [1.807, 2.05) is 32.9 Å². The summed E-state index contributed by atoms with van der Waals surface area (Å²) in [5, 5.41) is 2.70. The van der Waals surface area contributed by atoms with E-state index in [2.05, 4.69) is 32.1 Å². The summed E-state index contributed by atoms with van der Waals surface area (Å²) in [5.74, 6) is 0.448. The molecule has 1 rings (SSSR count). The number of hydrogen-bond acceptors (Lipinski definition) is 3. The maximum Gasteiger partial charge on any atom is 0.333 e. The topological polar surface area (TPSA) is 79.5 Å². The first kappa shape index (κ1) is 17.3. The van der Waals surface area contributed by atoms with Crippen molar-refractivity contribution in [3.05, 3.63) is 28.7 Å². The Labute approximate surface area is 132 Å². The van der Waals surface area contributed by atoms with Gasteiger partial charge in [0.25, 0.3) is 5.91 Å². The Morgan fingerprint density at radius 1 is 1.14 bits per heavy atom. The van der Waals surface area contributed by atoms with E-state index in [1.165, 1.54) is 0 Å². The molecule has 1 aromatic carbocycles. The summed E-state index contributed by atoms with van der Waals surface area (Å²) in [6.07, 6.45) is 0. The molecule has 0 spiro atoms. The van der Waals surface area contributed by atoms with Gasteiger partial charge in [-0.25, -0.2) is 10.2 Å². The second-order valence-electron chi connectivity index (χ2n) is 4.92. The molecule has 0 bridgehead atoms. The number of benzene rings is 1. The Bertz CT molecular complexity index is 477. The fraction of sp³-hybridized carbons (Fsp3) is 0.429. The Balaban J connectivity index is 2.25. The van der Waals surface area contributed by atoms with E-state index in [9.17, 15) is 9.59 Å². The number of carbonyl (C=O) groups excluding carboxylic acids is 2. The number of nitrogens with one attached hydrogen (secondary N) is 3. The maximum absolute atomic E-state index is 11.5. The summed E-state index contributed by atoms with van der Waals surface area (Å²) in [6.45, 7) is 5.70. The number of carbonyl (C=O) groups is 2. The highest BCUT2D eigenvalue weighted by Crippen LogP contribution is 2.15. The van der Waals surface area contributed by atoms with Crippen LogP contribution in [-0.4, -0.2) is 24.6 Å². The standard InChI is InChI=1S/C14H20BrN3O3/c1-9(2)10(3)16-14(20)18-17-13(19)8-21-12-6-4-11(15)5-7-12/h4-7,9-10H,8H2,1-3H3,(H,17,19)(H2,16,18,20). The van der Waals surface area contributed by atoms with Gasteiger partial charge in [0.05, 0.1) is 0 Å². The summed E-state index contributed by atoms with van der Waals surface area (Å²) < 4.78 is 6.20. The van der Waals surface area contributed by atoms with Gasteiger partial charge in [0.1, 0.15) is 5.75 Å². The van der Waals surface area contributed by atoms with E-state index in [0.717, 1.165) is 4.47 Å². The molecule has 0 aliphatic rings. The van der Waals surface area contributed by atoms with Crippen LogP contribution in [-0.2, 0) is 4.79 Å². The largest absolute Gasteiger partial charge is 0.484 e. The monoisotopic (exact) mass is 357 g/mol. The van der Waals surface area contributed by atoms with Crippen molar-refractivity contribution in [3.63, 3.8) is 0 Å². The van der Waals surface area contributed by atoms with Crippen molar-refractivity contribution in [2.75, 3.05) is 6.61 Å². The van der Waals surface area contributed by atoms with E-state index in [1.54, 1.807) is 12.1 Å². The van der Waals surface area contributed by atoms with Crippen LogP contribution in [0.3, 0.4) is 0 Å². The molecule has 1 atom stereocenters. The van der Waals surface area contributed by atoms with Crippen molar-refractivity contribution in [3.8, 4) is 5.75 Å². The van der Waals surface area contributed by atoms with Gasteiger partial charge in [-0.2, -0.15) is 0 Å². The molecule has 1 aromatic rings. The van der Waals surface area contributed by atoms with E-state index in [0.29, 0.717) is 11.7 Å². The predicted octanol–water partition coefficient (Wildman–Crippen LogP) is 2.20. The number of hydrogen-bond donors (Lipinski definition) is 3. The molecule has 0 fully saturated rings. The lowest BCUT2D eigenvalue weighted by atomic mass is 10.1. The van der Waals surface area contributed by atoms with Crippen molar-refractivity contribution in [1.82, 2.24) is 16.2 Å². The highest BCUT2D eigenvalue weighted by Gasteiger charge is 2.11. The average Bonchev–Trinajstić information content (AvgIpc) is 2.44. The molecule has 1 unspecified atom stereocenters. The van der Waals surface area contributed by atoms with Gasteiger partial charge in [0, 0.05) is 10.5 Å². The van der Waals surface area contributed by atoms with Gasteiger partial charge in [-0.3, -0.25) is 10.2 Å². The SMILES string of the molecule is CC(C)C(C)NC(=O)NNC(=O)COc1ccc(Br)cc1. The van der Waals surface area contributed by atoms with Gasteiger partial charge >= 0.3 is 6.03 Å². The molecule has 6 nitrogen and oxygen atoms in total. The Morgan fingerprint density at radius 2 is 1.76 bits per heavy atom. The molecule has 0 saturated carbocycles. The third-order valence-corrected chi connectivity index (χ3v) is 3.39. The second kappa shape index (κ2) is 8.51. The van der Waals surface area contributed by atoms with E-state index in [4.69, 9.17) is 4.74 Å². The van der Waals surface area contributed by atoms with Gasteiger partial charge in [0.15, 0.2) is 6.61 Å². The van der Waals surface area contributed by atoms with Crippen LogP contribution in [0.2, 0.25) is 0 Å². The molecular weight excluding hydrogens is 338 g/mol. The minimum absolute atomic E-state index is 0.0147. The van der Waals surface area contributed by atoms with Crippen LogP contribution in [0.5, 0.6) is 5.75 Å². The number of amides is 3. The minimum Gasteiger partial charge on any atom is -0.484 e. The highest BCUT2D eigenvalue weighted by atomic mass is 79.9.